The lowest BCUT2D eigenvalue weighted by Crippen LogP contribution is -2.40. The molecule has 1 heterocycles. The highest BCUT2D eigenvalue weighted by molar-refractivity contribution is 5.77. The number of amides is 1. The van der Waals surface area contributed by atoms with Gasteiger partial charge in [-0.25, -0.2) is 0 Å². The van der Waals surface area contributed by atoms with Crippen LogP contribution in [0.2, 0.25) is 0 Å². The summed E-state index contributed by atoms with van der Waals surface area (Å²) in [6.07, 6.45) is 3.18. The number of rotatable bonds is 3. The maximum absolute atomic E-state index is 11.3. The molecule has 0 radical (unpaired) electrons. The van der Waals surface area contributed by atoms with Crippen molar-refractivity contribution in [1.82, 2.24) is 4.90 Å². The standard InChI is InChI=1S/C14H19NO2/c16-11-14(17)15-8-6-13(7-9-15)10-12-4-2-1-3-5-12/h1-5,13,16H,6-11H2. The van der Waals surface area contributed by atoms with Gasteiger partial charge >= 0.3 is 0 Å². The third-order valence-corrected chi connectivity index (χ3v) is 3.47. The first kappa shape index (κ1) is 12.1. The molecule has 0 aliphatic carbocycles. The predicted molar refractivity (Wildman–Crippen MR) is 66.5 cm³/mol. The van der Waals surface area contributed by atoms with Crippen LogP contribution in [0.3, 0.4) is 0 Å². The zero-order chi connectivity index (χ0) is 12.1. The second-order valence-electron chi connectivity index (χ2n) is 4.67. The summed E-state index contributed by atoms with van der Waals surface area (Å²) in [5, 5.41) is 8.80. The molecule has 3 nitrogen and oxygen atoms in total. The number of aliphatic hydroxyl groups excluding tert-OH is 1. The van der Waals surface area contributed by atoms with E-state index in [-0.39, 0.29) is 12.5 Å². The maximum atomic E-state index is 11.3. The quantitative estimate of drug-likeness (QED) is 0.858. The first-order valence-electron chi connectivity index (χ1n) is 6.22. The molecule has 0 spiro atoms. The minimum atomic E-state index is -0.358. The zero-order valence-electron chi connectivity index (χ0n) is 10.0. The fraction of sp³-hybridized carbons (Fsp3) is 0.500. The van der Waals surface area contributed by atoms with E-state index in [9.17, 15) is 4.79 Å². The van der Waals surface area contributed by atoms with Crippen molar-refractivity contribution in [2.75, 3.05) is 19.7 Å². The van der Waals surface area contributed by atoms with Crippen molar-refractivity contribution in [2.45, 2.75) is 19.3 Å². The summed E-state index contributed by atoms with van der Waals surface area (Å²) in [6, 6.07) is 10.5. The number of carbonyl (C=O) groups excluding carboxylic acids is 1. The summed E-state index contributed by atoms with van der Waals surface area (Å²) in [5.74, 6) is 0.531. The van der Waals surface area contributed by atoms with E-state index in [0.29, 0.717) is 5.92 Å². The summed E-state index contributed by atoms with van der Waals surface area (Å²) >= 11 is 0. The number of benzene rings is 1. The highest BCUT2D eigenvalue weighted by Crippen LogP contribution is 2.21. The van der Waals surface area contributed by atoms with Crippen LogP contribution in [0.4, 0.5) is 0 Å². The van der Waals surface area contributed by atoms with Crippen LogP contribution < -0.4 is 0 Å². The van der Waals surface area contributed by atoms with Crippen molar-refractivity contribution in [3.05, 3.63) is 35.9 Å². The normalized spacial score (nSPS) is 17.1. The number of hydrogen-bond donors (Lipinski definition) is 1. The Morgan fingerprint density at radius 2 is 1.88 bits per heavy atom. The number of likely N-dealkylation sites (tertiary alicyclic amines) is 1. The lowest BCUT2D eigenvalue weighted by molar-refractivity contribution is -0.135. The molecule has 92 valence electrons. The Hall–Kier alpha value is -1.35. The molecule has 0 bridgehead atoms. The van der Waals surface area contributed by atoms with Gasteiger partial charge in [0.15, 0.2) is 0 Å². The molecule has 17 heavy (non-hydrogen) atoms. The van der Waals surface area contributed by atoms with Crippen molar-refractivity contribution in [2.24, 2.45) is 5.92 Å². The molecule has 0 atom stereocenters. The lowest BCUT2D eigenvalue weighted by Gasteiger charge is -2.31. The highest BCUT2D eigenvalue weighted by Gasteiger charge is 2.22. The number of hydrogen-bond acceptors (Lipinski definition) is 2. The number of carbonyl (C=O) groups is 1. The molecule has 1 aliphatic heterocycles. The van der Waals surface area contributed by atoms with E-state index < -0.39 is 0 Å². The fourth-order valence-electron chi connectivity index (χ4n) is 2.43. The van der Waals surface area contributed by atoms with Gasteiger partial charge in [-0.15, -0.1) is 0 Å². The largest absolute Gasteiger partial charge is 0.387 e. The van der Waals surface area contributed by atoms with Gasteiger partial charge in [0.05, 0.1) is 0 Å². The highest BCUT2D eigenvalue weighted by atomic mass is 16.3. The van der Waals surface area contributed by atoms with E-state index in [2.05, 4.69) is 24.3 Å². The molecule has 2 rings (SSSR count). The molecule has 1 aromatic carbocycles. The van der Waals surface area contributed by atoms with Crippen molar-refractivity contribution in [1.29, 1.82) is 0 Å². The minimum absolute atomic E-state index is 0.136. The van der Waals surface area contributed by atoms with E-state index in [1.165, 1.54) is 5.56 Å². The van der Waals surface area contributed by atoms with E-state index in [0.717, 1.165) is 32.4 Å². The van der Waals surface area contributed by atoms with Crippen LogP contribution in [0.25, 0.3) is 0 Å². The van der Waals surface area contributed by atoms with Gasteiger partial charge in [0.25, 0.3) is 0 Å². The molecule has 1 amide bonds. The molecular weight excluding hydrogens is 214 g/mol. The molecule has 0 saturated carbocycles. The molecule has 0 unspecified atom stereocenters. The summed E-state index contributed by atoms with van der Waals surface area (Å²) in [6.45, 7) is 1.22. The number of piperidine rings is 1. The Bertz CT molecular complexity index is 356. The Balaban J connectivity index is 1.82. The van der Waals surface area contributed by atoms with Gasteiger partial charge in [-0.05, 0) is 30.7 Å². The van der Waals surface area contributed by atoms with E-state index >= 15 is 0 Å². The molecule has 1 aromatic rings. The van der Waals surface area contributed by atoms with Gasteiger partial charge < -0.3 is 10.0 Å². The summed E-state index contributed by atoms with van der Waals surface area (Å²) < 4.78 is 0. The second kappa shape index (κ2) is 5.82. The van der Waals surface area contributed by atoms with E-state index in [1.807, 2.05) is 6.07 Å². The zero-order valence-corrected chi connectivity index (χ0v) is 10.0. The Morgan fingerprint density at radius 3 is 2.47 bits per heavy atom. The van der Waals surface area contributed by atoms with Crippen LogP contribution in [-0.4, -0.2) is 35.6 Å². The van der Waals surface area contributed by atoms with Crippen LogP contribution in [0.5, 0.6) is 0 Å². The van der Waals surface area contributed by atoms with Crippen molar-refractivity contribution >= 4 is 5.91 Å². The van der Waals surface area contributed by atoms with Crippen molar-refractivity contribution in [3.63, 3.8) is 0 Å². The topological polar surface area (TPSA) is 40.5 Å². The fourth-order valence-corrected chi connectivity index (χ4v) is 2.43. The molecule has 1 fully saturated rings. The third kappa shape index (κ3) is 3.30. The monoisotopic (exact) mass is 233 g/mol. The average Bonchev–Trinajstić information content (AvgIpc) is 2.40. The van der Waals surface area contributed by atoms with Crippen LogP contribution in [-0.2, 0) is 11.2 Å². The maximum Gasteiger partial charge on any atom is 0.248 e. The van der Waals surface area contributed by atoms with Crippen molar-refractivity contribution in [3.8, 4) is 0 Å². The summed E-state index contributed by atoms with van der Waals surface area (Å²) in [5.41, 5.74) is 1.37. The third-order valence-electron chi connectivity index (χ3n) is 3.47. The average molecular weight is 233 g/mol. The SMILES string of the molecule is O=C(CO)N1CCC(Cc2ccccc2)CC1. The molecule has 3 heteroatoms. The molecule has 0 aromatic heterocycles. The van der Waals surface area contributed by atoms with Gasteiger partial charge in [-0.1, -0.05) is 30.3 Å². The second-order valence-corrected chi connectivity index (χ2v) is 4.67. The van der Waals surface area contributed by atoms with Crippen LogP contribution in [0.1, 0.15) is 18.4 Å². The Labute approximate surface area is 102 Å². The molecular formula is C14H19NO2. The van der Waals surface area contributed by atoms with Crippen LogP contribution in [0.15, 0.2) is 30.3 Å². The van der Waals surface area contributed by atoms with Crippen LogP contribution in [0, 0.1) is 5.92 Å². The Kier molecular flexibility index (Phi) is 4.15. The molecule has 1 aliphatic rings. The van der Waals surface area contributed by atoms with E-state index in [1.54, 1.807) is 4.90 Å². The number of nitrogens with zero attached hydrogens (tertiary/aromatic N) is 1. The lowest BCUT2D eigenvalue weighted by atomic mass is 9.90. The first-order valence-corrected chi connectivity index (χ1v) is 6.22. The van der Waals surface area contributed by atoms with Crippen LogP contribution >= 0.6 is 0 Å². The predicted octanol–water partition coefficient (Wildman–Crippen LogP) is 1.46. The first-order chi connectivity index (χ1) is 8.29. The Morgan fingerprint density at radius 1 is 1.24 bits per heavy atom. The van der Waals surface area contributed by atoms with Gasteiger partial charge in [-0.2, -0.15) is 0 Å². The van der Waals surface area contributed by atoms with E-state index in [4.69, 9.17) is 5.11 Å². The van der Waals surface area contributed by atoms with Gasteiger partial charge in [0.1, 0.15) is 6.61 Å². The molecule has 1 saturated heterocycles. The van der Waals surface area contributed by atoms with Gasteiger partial charge in [-0.3, -0.25) is 4.79 Å². The smallest absolute Gasteiger partial charge is 0.248 e. The minimum Gasteiger partial charge on any atom is -0.387 e. The van der Waals surface area contributed by atoms with Crippen molar-refractivity contribution < 1.29 is 9.90 Å². The molecule has 1 N–H and O–H groups in total. The summed E-state index contributed by atoms with van der Waals surface area (Å²) in [7, 11) is 0. The van der Waals surface area contributed by atoms with Gasteiger partial charge in [0, 0.05) is 13.1 Å². The van der Waals surface area contributed by atoms with Gasteiger partial charge in [0.2, 0.25) is 5.91 Å². The summed E-state index contributed by atoms with van der Waals surface area (Å²) in [4.78, 5) is 13.1. The number of aliphatic hydroxyl groups is 1.